The van der Waals surface area contributed by atoms with Crippen LogP contribution < -0.4 is 5.32 Å². The van der Waals surface area contributed by atoms with Crippen LogP contribution in [-0.2, 0) is 0 Å². The maximum Gasteiger partial charge on any atom is 0.196 e. The van der Waals surface area contributed by atoms with E-state index in [2.05, 4.69) is 5.32 Å². The Hall–Kier alpha value is -1.23. The van der Waals surface area contributed by atoms with Crippen LogP contribution in [0.3, 0.4) is 0 Å². The lowest BCUT2D eigenvalue weighted by Crippen LogP contribution is -2.06. The summed E-state index contributed by atoms with van der Waals surface area (Å²) in [4.78, 5) is 0. The predicted octanol–water partition coefficient (Wildman–Crippen LogP) is 1.90. The van der Waals surface area contributed by atoms with E-state index >= 15 is 0 Å². The van der Waals surface area contributed by atoms with Gasteiger partial charge in [0.15, 0.2) is 17.5 Å². The van der Waals surface area contributed by atoms with Gasteiger partial charge in [0.25, 0.3) is 0 Å². The third kappa shape index (κ3) is 2.38. The molecule has 0 spiro atoms. The van der Waals surface area contributed by atoms with Crippen LogP contribution >= 0.6 is 0 Å². The molecule has 0 saturated heterocycles. The highest BCUT2D eigenvalue weighted by Crippen LogP contribution is 2.19. The summed E-state index contributed by atoms with van der Waals surface area (Å²) in [5.41, 5.74) is -0.0997. The minimum atomic E-state index is -1.49. The largest absolute Gasteiger partial charge is 0.396 e. The minimum absolute atomic E-state index is 0.0434. The van der Waals surface area contributed by atoms with E-state index in [1.165, 1.54) is 0 Å². The van der Waals surface area contributed by atoms with Crippen molar-refractivity contribution in [3.63, 3.8) is 0 Å². The molecule has 0 aliphatic rings. The first-order chi connectivity index (χ1) is 6.66. The van der Waals surface area contributed by atoms with Crippen LogP contribution in [0.5, 0.6) is 0 Å². The van der Waals surface area contributed by atoms with Crippen LogP contribution in [0.4, 0.5) is 18.9 Å². The van der Waals surface area contributed by atoms with Crippen molar-refractivity contribution >= 4 is 5.69 Å². The average Bonchev–Trinajstić information content (AvgIpc) is 2.18. The van der Waals surface area contributed by atoms with Crippen molar-refractivity contribution in [2.75, 3.05) is 18.5 Å². The lowest BCUT2D eigenvalue weighted by Gasteiger charge is -2.06. The molecule has 1 rings (SSSR count). The van der Waals surface area contributed by atoms with E-state index in [0.717, 1.165) is 12.1 Å². The Kier molecular flexibility index (Phi) is 3.76. The number of nitrogens with one attached hydrogen (secondary N) is 1. The highest BCUT2D eigenvalue weighted by atomic mass is 19.2. The van der Waals surface area contributed by atoms with Crippen LogP contribution in [0.2, 0.25) is 0 Å². The maximum absolute atomic E-state index is 12.9. The molecular weight excluding hydrogens is 195 g/mol. The monoisotopic (exact) mass is 205 g/mol. The zero-order valence-corrected chi connectivity index (χ0v) is 7.36. The smallest absolute Gasteiger partial charge is 0.196 e. The van der Waals surface area contributed by atoms with Crippen molar-refractivity contribution in [1.29, 1.82) is 0 Å². The highest BCUT2D eigenvalue weighted by Gasteiger charge is 2.12. The Bertz CT molecular complexity index is 317. The van der Waals surface area contributed by atoms with Gasteiger partial charge in [-0.2, -0.15) is 0 Å². The van der Waals surface area contributed by atoms with Crippen LogP contribution in [0.25, 0.3) is 0 Å². The van der Waals surface area contributed by atoms with E-state index in [1.807, 2.05) is 0 Å². The fourth-order valence-electron chi connectivity index (χ4n) is 0.965. The molecule has 0 aromatic heterocycles. The van der Waals surface area contributed by atoms with E-state index in [0.29, 0.717) is 13.0 Å². The fourth-order valence-corrected chi connectivity index (χ4v) is 0.965. The summed E-state index contributed by atoms with van der Waals surface area (Å²) < 4.78 is 38.1. The quantitative estimate of drug-likeness (QED) is 0.581. The van der Waals surface area contributed by atoms with Gasteiger partial charge in [-0.25, -0.2) is 13.2 Å². The van der Waals surface area contributed by atoms with Gasteiger partial charge < -0.3 is 10.4 Å². The van der Waals surface area contributed by atoms with Gasteiger partial charge in [-0.05, 0) is 18.6 Å². The molecule has 0 heterocycles. The molecule has 14 heavy (non-hydrogen) atoms. The molecule has 0 saturated carbocycles. The summed E-state index contributed by atoms with van der Waals surface area (Å²) in [6.45, 7) is 0.261. The van der Waals surface area contributed by atoms with Gasteiger partial charge >= 0.3 is 0 Å². The lowest BCUT2D eigenvalue weighted by atomic mass is 10.2. The molecular formula is C9H10F3NO. The second-order valence-corrected chi connectivity index (χ2v) is 2.73. The topological polar surface area (TPSA) is 32.3 Å². The van der Waals surface area contributed by atoms with Gasteiger partial charge in [-0.15, -0.1) is 0 Å². The van der Waals surface area contributed by atoms with Crippen molar-refractivity contribution in [1.82, 2.24) is 0 Å². The Morgan fingerprint density at radius 3 is 2.50 bits per heavy atom. The minimum Gasteiger partial charge on any atom is -0.396 e. The first-order valence-electron chi connectivity index (χ1n) is 4.15. The molecule has 1 aromatic carbocycles. The van der Waals surface area contributed by atoms with Crippen molar-refractivity contribution in [3.05, 3.63) is 29.6 Å². The fraction of sp³-hybridized carbons (Fsp3) is 0.333. The first kappa shape index (κ1) is 10.8. The molecule has 0 radical (unpaired) electrons. The molecule has 2 nitrogen and oxygen atoms in total. The third-order valence-electron chi connectivity index (χ3n) is 1.69. The molecule has 0 aliphatic heterocycles. The van der Waals surface area contributed by atoms with Gasteiger partial charge in [0, 0.05) is 13.2 Å². The Morgan fingerprint density at radius 1 is 1.14 bits per heavy atom. The number of hydrogen-bond donors (Lipinski definition) is 2. The van der Waals surface area contributed by atoms with Gasteiger partial charge in [-0.1, -0.05) is 0 Å². The summed E-state index contributed by atoms with van der Waals surface area (Å²) in [6, 6.07) is 1.96. The summed E-state index contributed by atoms with van der Waals surface area (Å²) in [6.07, 6.45) is 0.415. The van der Waals surface area contributed by atoms with Gasteiger partial charge in [0.2, 0.25) is 0 Å². The summed E-state index contributed by atoms with van der Waals surface area (Å²) in [5.74, 6) is -3.93. The molecule has 0 unspecified atom stereocenters. The predicted molar refractivity (Wildman–Crippen MR) is 46.5 cm³/mol. The number of aliphatic hydroxyl groups excluding tert-OH is 1. The van der Waals surface area contributed by atoms with Crippen LogP contribution in [0.15, 0.2) is 12.1 Å². The van der Waals surface area contributed by atoms with E-state index < -0.39 is 17.5 Å². The molecule has 0 bridgehead atoms. The van der Waals surface area contributed by atoms with Crippen LogP contribution in [-0.4, -0.2) is 18.3 Å². The standard InChI is InChI=1S/C9H10F3NO/c10-6-2-3-7(9(12)8(6)11)13-4-1-5-14/h2-3,13-14H,1,4-5H2. The van der Waals surface area contributed by atoms with E-state index in [4.69, 9.17) is 5.11 Å². The first-order valence-corrected chi connectivity index (χ1v) is 4.15. The number of hydrogen-bond acceptors (Lipinski definition) is 2. The van der Waals surface area contributed by atoms with Gasteiger partial charge in [0.1, 0.15) is 0 Å². The second-order valence-electron chi connectivity index (χ2n) is 2.73. The highest BCUT2D eigenvalue weighted by molar-refractivity contribution is 5.45. The van der Waals surface area contributed by atoms with E-state index in [-0.39, 0.29) is 12.3 Å². The number of rotatable bonds is 4. The molecule has 2 N–H and O–H groups in total. The van der Waals surface area contributed by atoms with Crippen molar-refractivity contribution in [2.45, 2.75) is 6.42 Å². The molecule has 1 aromatic rings. The molecule has 0 aliphatic carbocycles. The SMILES string of the molecule is OCCCNc1ccc(F)c(F)c1F. The van der Waals surface area contributed by atoms with E-state index in [9.17, 15) is 13.2 Å². The van der Waals surface area contributed by atoms with Crippen molar-refractivity contribution < 1.29 is 18.3 Å². The van der Waals surface area contributed by atoms with Crippen molar-refractivity contribution in [2.24, 2.45) is 0 Å². The Morgan fingerprint density at radius 2 is 1.86 bits per heavy atom. The maximum atomic E-state index is 12.9. The van der Waals surface area contributed by atoms with Crippen LogP contribution in [0, 0.1) is 17.5 Å². The molecule has 5 heteroatoms. The van der Waals surface area contributed by atoms with Gasteiger partial charge in [0.05, 0.1) is 5.69 Å². The number of anilines is 1. The van der Waals surface area contributed by atoms with Gasteiger partial charge in [-0.3, -0.25) is 0 Å². The third-order valence-corrected chi connectivity index (χ3v) is 1.69. The zero-order chi connectivity index (χ0) is 10.6. The van der Waals surface area contributed by atoms with Crippen LogP contribution in [0.1, 0.15) is 6.42 Å². The molecule has 0 amide bonds. The number of benzene rings is 1. The Balaban J connectivity index is 2.73. The zero-order valence-electron chi connectivity index (χ0n) is 7.36. The van der Waals surface area contributed by atoms with E-state index in [1.54, 1.807) is 0 Å². The summed E-state index contributed by atoms with van der Waals surface area (Å²) >= 11 is 0. The summed E-state index contributed by atoms with van der Waals surface area (Å²) in [5, 5.41) is 11.0. The lowest BCUT2D eigenvalue weighted by molar-refractivity contribution is 0.292. The number of aliphatic hydroxyl groups is 1. The molecule has 0 fully saturated rings. The molecule has 78 valence electrons. The average molecular weight is 205 g/mol. The second kappa shape index (κ2) is 4.85. The Labute approximate surface area is 79.4 Å². The summed E-state index contributed by atoms with van der Waals surface area (Å²) in [7, 11) is 0. The molecule has 0 atom stereocenters. The number of halogens is 3. The normalized spacial score (nSPS) is 10.3. The van der Waals surface area contributed by atoms with Crippen molar-refractivity contribution in [3.8, 4) is 0 Å².